The molecule has 17 heavy (non-hydrogen) atoms. The van der Waals surface area contributed by atoms with E-state index in [1.54, 1.807) is 0 Å². The van der Waals surface area contributed by atoms with Crippen molar-refractivity contribution in [1.82, 2.24) is 0 Å². The number of aryl methyl sites for hydroxylation is 1. The van der Waals surface area contributed by atoms with Crippen molar-refractivity contribution in [2.75, 3.05) is 31.2 Å². The van der Waals surface area contributed by atoms with Gasteiger partial charge in [0.25, 0.3) is 0 Å². The highest BCUT2D eigenvalue weighted by Gasteiger charge is 2.15. The van der Waals surface area contributed by atoms with Gasteiger partial charge in [-0.25, -0.2) is 0 Å². The number of primary amides is 1. The number of anilines is 1. The van der Waals surface area contributed by atoms with Crippen molar-refractivity contribution in [2.24, 2.45) is 5.73 Å². The van der Waals surface area contributed by atoms with Gasteiger partial charge in [-0.2, -0.15) is 0 Å². The smallest absolute Gasteiger partial charge is 0.249 e. The fourth-order valence-corrected chi connectivity index (χ4v) is 2.10. The van der Waals surface area contributed by atoms with E-state index in [-0.39, 0.29) is 5.91 Å². The summed E-state index contributed by atoms with van der Waals surface area (Å²) < 4.78 is 5.32. The number of carbonyl (C=O) groups excluding carboxylic acids is 1. The molecule has 1 amide bonds. The summed E-state index contributed by atoms with van der Waals surface area (Å²) in [6.45, 7) is 7.13. The zero-order chi connectivity index (χ0) is 12.4. The van der Waals surface area contributed by atoms with Crippen molar-refractivity contribution in [2.45, 2.75) is 13.8 Å². The van der Waals surface area contributed by atoms with Crippen LogP contribution in [0.25, 0.3) is 0 Å². The van der Waals surface area contributed by atoms with Gasteiger partial charge in [-0.05, 0) is 37.1 Å². The molecule has 1 fully saturated rings. The highest BCUT2D eigenvalue weighted by Crippen LogP contribution is 2.23. The Labute approximate surface area is 101 Å². The summed E-state index contributed by atoms with van der Waals surface area (Å²) >= 11 is 0. The fourth-order valence-electron chi connectivity index (χ4n) is 2.10. The Bertz CT molecular complexity index is 437. The second-order valence-electron chi connectivity index (χ2n) is 4.40. The van der Waals surface area contributed by atoms with Gasteiger partial charge in [-0.1, -0.05) is 0 Å². The Hall–Kier alpha value is -1.55. The second kappa shape index (κ2) is 4.75. The Morgan fingerprint density at radius 3 is 2.53 bits per heavy atom. The number of morpholine rings is 1. The van der Waals surface area contributed by atoms with Crippen LogP contribution in [0.15, 0.2) is 12.1 Å². The number of benzene rings is 1. The van der Waals surface area contributed by atoms with E-state index >= 15 is 0 Å². The fraction of sp³-hybridized carbons (Fsp3) is 0.462. The summed E-state index contributed by atoms with van der Waals surface area (Å²) in [4.78, 5) is 13.6. The normalized spacial score (nSPS) is 16.0. The van der Waals surface area contributed by atoms with Gasteiger partial charge < -0.3 is 15.4 Å². The van der Waals surface area contributed by atoms with Crippen molar-refractivity contribution < 1.29 is 9.53 Å². The molecule has 4 heteroatoms. The first-order valence-corrected chi connectivity index (χ1v) is 5.83. The Morgan fingerprint density at radius 1 is 1.29 bits per heavy atom. The first-order chi connectivity index (χ1) is 8.09. The third-order valence-electron chi connectivity index (χ3n) is 3.29. The maximum atomic E-state index is 11.4. The number of ether oxygens (including phenoxy) is 1. The molecular formula is C13H18N2O2. The summed E-state index contributed by atoms with van der Waals surface area (Å²) in [6, 6.07) is 3.99. The molecule has 0 radical (unpaired) electrons. The van der Waals surface area contributed by atoms with Crippen LogP contribution in [-0.2, 0) is 4.74 Å². The zero-order valence-electron chi connectivity index (χ0n) is 10.3. The zero-order valence-corrected chi connectivity index (χ0v) is 10.3. The van der Waals surface area contributed by atoms with Crippen LogP contribution >= 0.6 is 0 Å². The lowest BCUT2D eigenvalue weighted by atomic mass is 10.0. The minimum absolute atomic E-state index is 0.360. The number of rotatable bonds is 2. The minimum atomic E-state index is -0.360. The molecule has 1 heterocycles. The van der Waals surface area contributed by atoms with Gasteiger partial charge in [0.05, 0.1) is 13.2 Å². The lowest BCUT2D eigenvalue weighted by molar-refractivity contribution is 0.0999. The van der Waals surface area contributed by atoms with E-state index in [1.165, 1.54) is 0 Å². The third-order valence-corrected chi connectivity index (χ3v) is 3.29. The van der Waals surface area contributed by atoms with Gasteiger partial charge in [0.1, 0.15) is 0 Å². The standard InChI is InChI=1S/C13H18N2O2/c1-9-7-11(15-3-5-17-6-4-15)8-12(10(9)2)13(14)16/h7-8H,3-6H2,1-2H3,(H2,14,16). The first-order valence-electron chi connectivity index (χ1n) is 5.83. The molecule has 1 aromatic rings. The molecule has 0 spiro atoms. The summed E-state index contributed by atoms with van der Waals surface area (Å²) in [7, 11) is 0. The number of carbonyl (C=O) groups is 1. The van der Waals surface area contributed by atoms with Crippen molar-refractivity contribution in [3.63, 3.8) is 0 Å². The third kappa shape index (κ3) is 2.42. The molecular weight excluding hydrogens is 216 g/mol. The van der Waals surface area contributed by atoms with Crippen LogP contribution < -0.4 is 10.6 Å². The molecule has 2 N–H and O–H groups in total. The van der Waals surface area contributed by atoms with Crippen LogP contribution in [0.2, 0.25) is 0 Å². The molecule has 1 aromatic carbocycles. The average molecular weight is 234 g/mol. The van der Waals surface area contributed by atoms with Gasteiger partial charge in [-0.15, -0.1) is 0 Å². The molecule has 1 aliphatic heterocycles. The average Bonchev–Trinajstić information content (AvgIpc) is 2.33. The molecule has 1 saturated heterocycles. The lowest BCUT2D eigenvalue weighted by Gasteiger charge is -2.29. The van der Waals surface area contributed by atoms with Gasteiger partial charge >= 0.3 is 0 Å². The molecule has 4 nitrogen and oxygen atoms in total. The molecule has 0 saturated carbocycles. The second-order valence-corrected chi connectivity index (χ2v) is 4.40. The van der Waals surface area contributed by atoms with Crippen molar-refractivity contribution in [3.8, 4) is 0 Å². The van der Waals surface area contributed by atoms with E-state index < -0.39 is 0 Å². The van der Waals surface area contributed by atoms with Gasteiger partial charge in [-0.3, -0.25) is 4.79 Å². The van der Waals surface area contributed by atoms with E-state index in [1.807, 2.05) is 19.9 Å². The first kappa shape index (κ1) is 11.9. The molecule has 2 rings (SSSR count). The molecule has 0 unspecified atom stereocenters. The molecule has 1 aliphatic rings. The SMILES string of the molecule is Cc1cc(N2CCOCC2)cc(C(N)=O)c1C. The van der Waals surface area contributed by atoms with Crippen LogP contribution in [0.4, 0.5) is 5.69 Å². The monoisotopic (exact) mass is 234 g/mol. The Kier molecular flexibility index (Phi) is 3.33. The number of hydrogen-bond donors (Lipinski definition) is 1. The van der Waals surface area contributed by atoms with Crippen molar-refractivity contribution in [1.29, 1.82) is 0 Å². The predicted octanol–water partition coefficient (Wildman–Crippen LogP) is 1.24. The van der Waals surface area contributed by atoms with E-state index in [4.69, 9.17) is 10.5 Å². The molecule has 0 aliphatic carbocycles. The topological polar surface area (TPSA) is 55.6 Å². The van der Waals surface area contributed by atoms with Gasteiger partial charge in [0.2, 0.25) is 5.91 Å². The molecule has 0 bridgehead atoms. The Morgan fingerprint density at radius 2 is 1.94 bits per heavy atom. The van der Waals surface area contributed by atoms with Crippen LogP contribution in [0.1, 0.15) is 21.5 Å². The van der Waals surface area contributed by atoms with Crippen molar-refractivity contribution >= 4 is 11.6 Å². The van der Waals surface area contributed by atoms with Gasteiger partial charge in [0, 0.05) is 24.3 Å². The lowest BCUT2D eigenvalue weighted by Crippen LogP contribution is -2.36. The highest BCUT2D eigenvalue weighted by atomic mass is 16.5. The van der Waals surface area contributed by atoms with E-state index in [2.05, 4.69) is 11.0 Å². The predicted molar refractivity (Wildman–Crippen MR) is 67.5 cm³/mol. The number of amides is 1. The summed E-state index contributed by atoms with van der Waals surface area (Å²) in [5.74, 6) is -0.360. The molecule has 92 valence electrons. The summed E-state index contributed by atoms with van der Waals surface area (Å²) in [5.41, 5.74) is 9.14. The van der Waals surface area contributed by atoms with Gasteiger partial charge in [0.15, 0.2) is 0 Å². The Balaban J connectivity index is 2.37. The van der Waals surface area contributed by atoms with E-state index in [0.29, 0.717) is 5.56 Å². The van der Waals surface area contributed by atoms with Crippen LogP contribution in [0, 0.1) is 13.8 Å². The largest absolute Gasteiger partial charge is 0.378 e. The maximum absolute atomic E-state index is 11.4. The number of hydrogen-bond acceptors (Lipinski definition) is 3. The van der Waals surface area contributed by atoms with Crippen molar-refractivity contribution in [3.05, 3.63) is 28.8 Å². The molecule has 0 atom stereocenters. The van der Waals surface area contributed by atoms with E-state index in [9.17, 15) is 4.79 Å². The van der Waals surface area contributed by atoms with Crippen LogP contribution in [0.5, 0.6) is 0 Å². The van der Waals surface area contributed by atoms with Crippen LogP contribution in [-0.4, -0.2) is 32.2 Å². The number of nitrogens with zero attached hydrogens (tertiary/aromatic N) is 1. The van der Waals surface area contributed by atoms with Crippen LogP contribution in [0.3, 0.4) is 0 Å². The maximum Gasteiger partial charge on any atom is 0.249 e. The minimum Gasteiger partial charge on any atom is -0.378 e. The highest BCUT2D eigenvalue weighted by molar-refractivity contribution is 5.95. The summed E-state index contributed by atoms with van der Waals surface area (Å²) in [5, 5.41) is 0. The summed E-state index contributed by atoms with van der Waals surface area (Å²) in [6.07, 6.45) is 0. The quantitative estimate of drug-likeness (QED) is 0.837. The molecule has 0 aromatic heterocycles. The van der Waals surface area contributed by atoms with E-state index in [0.717, 1.165) is 43.1 Å². The number of nitrogens with two attached hydrogens (primary N) is 1.